The SMILES string of the molecule is CN(C)C(CNC(=O)Nc1cnns1)c1ccco1. The van der Waals surface area contributed by atoms with Crippen LogP contribution in [-0.2, 0) is 0 Å². The maximum atomic E-state index is 11.7. The van der Waals surface area contributed by atoms with Crippen LogP contribution in [0.1, 0.15) is 11.8 Å². The molecule has 8 heteroatoms. The first-order chi connectivity index (χ1) is 9.16. The van der Waals surface area contributed by atoms with Crippen molar-refractivity contribution in [3.63, 3.8) is 0 Å². The van der Waals surface area contributed by atoms with Gasteiger partial charge in [-0.25, -0.2) is 4.79 Å². The fraction of sp³-hybridized carbons (Fsp3) is 0.364. The van der Waals surface area contributed by atoms with Crippen LogP contribution in [0.3, 0.4) is 0 Å². The molecular formula is C11H15N5O2S. The Kier molecular flexibility index (Phi) is 4.48. The number of likely N-dealkylation sites (N-methyl/N-ethyl adjacent to an activating group) is 1. The summed E-state index contributed by atoms with van der Waals surface area (Å²) in [6.45, 7) is 0.443. The molecule has 2 heterocycles. The standard InChI is InChI=1S/C11H15N5O2S/c1-16(2)8(9-4-3-5-18-9)6-12-11(17)14-10-7-13-15-19-10/h3-5,7-8H,6H2,1-2H3,(H2,12,14,17). The van der Waals surface area contributed by atoms with E-state index in [9.17, 15) is 4.79 Å². The number of aromatic nitrogens is 2. The van der Waals surface area contributed by atoms with E-state index in [1.54, 1.807) is 6.26 Å². The van der Waals surface area contributed by atoms with E-state index in [1.807, 2.05) is 31.1 Å². The van der Waals surface area contributed by atoms with Crippen LogP contribution in [0.25, 0.3) is 0 Å². The molecule has 0 aliphatic heterocycles. The van der Waals surface area contributed by atoms with Crippen LogP contribution in [0.2, 0.25) is 0 Å². The number of hydrogen-bond donors (Lipinski definition) is 2. The van der Waals surface area contributed by atoms with Crippen molar-refractivity contribution in [2.24, 2.45) is 0 Å². The Balaban J connectivity index is 1.87. The molecule has 0 aliphatic carbocycles. The zero-order chi connectivity index (χ0) is 13.7. The van der Waals surface area contributed by atoms with Crippen LogP contribution in [0.4, 0.5) is 9.80 Å². The molecule has 0 spiro atoms. The van der Waals surface area contributed by atoms with Gasteiger partial charge < -0.3 is 9.73 Å². The molecule has 2 aromatic rings. The van der Waals surface area contributed by atoms with Gasteiger partial charge in [0.1, 0.15) is 10.8 Å². The van der Waals surface area contributed by atoms with Crippen molar-refractivity contribution in [1.29, 1.82) is 0 Å². The van der Waals surface area contributed by atoms with Crippen LogP contribution >= 0.6 is 11.5 Å². The fourth-order valence-electron chi connectivity index (χ4n) is 1.59. The molecule has 19 heavy (non-hydrogen) atoms. The minimum Gasteiger partial charge on any atom is -0.468 e. The zero-order valence-electron chi connectivity index (χ0n) is 10.7. The van der Waals surface area contributed by atoms with Gasteiger partial charge in [0, 0.05) is 18.1 Å². The molecule has 0 fully saturated rings. The molecule has 7 nitrogen and oxygen atoms in total. The lowest BCUT2D eigenvalue weighted by Crippen LogP contribution is -2.36. The molecule has 102 valence electrons. The highest BCUT2D eigenvalue weighted by molar-refractivity contribution is 7.10. The van der Waals surface area contributed by atoms with E-state index in [2.05, 4.69) is 20.2 Å². The Morgan fingerprint density at radius 1 is 1.58 bits per heavy atom. The maximum Gasteiger partial charge on any atom is 0.320 e. The molecule has 2 rings (SSSR count). The molecule has 1 unspecified atom stereocenters. The van der Waals surface area contributed by atoms with E-state index in [-0.39, 0.29) is 12.1 Å². The molecule has 0 radical (unpaired) electrons. The average molecular weight is 281 g/mol. The summed E-state index contributed by atoms with van der Waals surface area (Å²) in [6, 6.07) is 3.41. The third kappa shape index (κ3) is 3.76. The van der Waals surface area contributed by atoms with Gasteiger partial charge in [0.25, 0.3) is 0 Å². The Bertz CT molecular complexity index is 497. The second-order valence-corrected chi connectivity index (χ2v) is 4.90. The van der Waals surface area contributed by atoms with E-state index in [0.29, 0.717) is 11.5 Å². The Hall–Kier alpha value is -1.93. The highest BCUT2D eigenvalue weighted by Crippen LogP contribution is 2.17. The van der Waals surface area contributed by atoms with E-state index >= 15 is 0 Å². The van der Waals surface area contributed by atoms with E-state index in [0.717, 1.165) is 17.3 Å². The number of amides is 2. The van der Waals surface area contributed by atoms with Crippen LogP contribution in [0.5, 0.6) is 0 Å². The molecule has 0 bridgehead atoms. The predicted molar refractivity (Wildman–Crippen MR) is 72.1 cm³/mol. The summed E-state index contributed by atoms with van der Waals surface area (Å²) >= 11 is 1.13. The molecule has 2 N–H and O–H groups in total. The fourth-order valence-corrected chi connectivity index (χ4v) is 2.00. The van der Waals surface area contributed by atoms with Crippen LogP contribution in [0.15, 0.2) is 29.0 Å². The molecule has 2 aromatic heterocycles. The number of nitrogens with zero attached hydrogens (tertiary/aromatic N) is 3. The summed E-state index contributed by atoms with van der Waals surface area (Å²) in [5, 5.41) is 9.70. The number of nitrogens with one attached hydrogen (secondary N) is 2. The van der Waals surface area contributed by atoms with Crippen molar-refractivity contribution < 1.29 is 9.21 Å². The molecule has 0 saturated heterocycles. The van der Waals surface area contributed by atoms with Crippen molar-refractivity contribution >= 4 is 22.6 Å². The van der Waals surface area contributed by atoms with Crippen molar-refractivity contribution in [2.45, 2.75) is 6.04 Å². The van der Waals surface area contributed by atoms with Gasteiger partial charge in [-0.1, -0.05) is 4.49 Å². The topological polar surface area (TPSA) is 83.3 Å². The molecule has 0 aromatic carbocycles. The summed E-state index contributed by atoms with van der Waals surface area (Å²) in [5.74, 6) is 0.810. The first-order valence-corrected chi connectivity index (χ1v) is 6.46. The van der Waals surface area contributed by atoms with Crippen molar-refractivity contribution in [2.75, 3.05) is 26.0 Å². The predicted octanol–water partition coefficient (Wildman–Crippen LogP) is 1.56. The lowest BCUT2D eigenvalue weighted by atomic mass is 10.2. The number of carbonyl (C=O) groups is 1. The summed E-state index contributed by atoms with van der Waals surface area (Å²) in [5.41, 5.74) is 0. The largest absolute Gasteiger partial charge is 0.468 e. The number of rotatable bonds is 5. The van der Waals surface area contributed by atoms with Gasteiger partial charge in [0.05, 0.1) is 18.5 Å². The van der Waals surface area contributed by atoms with Gasteiger partial charge >= 0.3 is 6.03 Å². The first-order valence-electron chi connectivity index (χ1n) is 5.69. The number of anilines is 1. The van der Waals surface area contributed by atoms with Crippen molar-refractivity contribution in [3.8, 4) is 0 Å². The van der Waals surface area contributed by atoms with Crippen molar-refractivity contribution in [3.05, 3.63) is 30.4 Å². The first kappa shape index (κ1) is 13.5. The van der Waals surface area contributed by atoms with Gasteiger partial charge in [-0.2, -0.15) is 0 Å². The molecule has 1 atom stereocenters. The van der Waals surface area contributed by atoms with Gasteiger partial charge in [-0.3, -0.25) is 10.2 Å². The van der Waals surface area contributed by atoms with E-state index in [1.165, 1.54) is 6.20 Å². The maximum absolute atomic E-state index is 11.7. The number of hydrogen-bond acceptors (Lipinski definition) is 6. The smallest absolute Gasteiger partial charge is 0.320 e. The van der Waals surface area contributed by atoms with Gasteiger partial charge in [-0.05, 0) is 26.2 Å². The molecule has 2 amide bonds. The third-order valence-electron chi connectivity index (χ3n) is 2.55. The number of urea groups is 1. The second kappa shape index (κ2) is 6.30. The molecule has 0 aliphatic rings. The average Bonchev–Trinajstić information content (AvgIpc) is 3.01. The second-order valence-electron chi connectivity index (χ2n) is 4.11. The van der Waals surface area contributed by atoms with Crippen LogP contribution < -0.4 is 10.6 Å². The highest BCUT2D eigenvalue weighted by atomic mass is 32.1. The van der Waals surface area contributed by atoms with E-state index < -0.39 is 0 Å². The minimum atomic E-state index is -0.288. The van der Waals surface area contributed by atoms with Gasteiger partial charge in [0.2, 0.25) is 0 Å². The third-order valence-corrected chi connectivity index (χ3v) is 3.13. The monoisotopic (exact) mass is 281 g/mol. The lowest BCUT2D eigenvalue weighted by Gasteiger charge is -2.22. The van der Waals surface area contributed by atoms with Gasteiger partial charge in [0.15, 0.2) is 0 Å². The molecule has 0 saturated carbocycles. The minimum absolute atomic E-state index is 0.0136. The number of furan rings is 1. The summed E-state index contributed by atoms with van der Waals surface area (Å²) in [7, 11) is 3.86. The normalized spacial score (nSPS) is 12.4. The van der Waals surface area contributed by atoms with Gasteiger partial charge in [-0.15, -0.1) is 5.10 Å². The summed E-state index contributed by atoms with van der Waals surface area (Å²) < 4.78 is 9.03. The van der Waals surface area contributed by atoms with Crippen LogP contribution in [0, 0.1) is 0 Å². The molecular weight excluding hydrogens is 266 g/mol. The van der Waals surface area contributed by atoms with Crippen molar-refractivity contribution in [1.82, 2.24) is 19.8 Å². The Morgan fingerprint density at radius 2 is 2.42 bits per heavy atom. The Labute approximate surface area is 114 Å². The Morgan fingerprint density at radius 3 is 3.00 bits per heavy atom. The quantitative estimate of drug-likeness (QED) is 0.869. The number of carbonyl (C=O) groups excluding carboxylic acids is 1. The lowest BCUT2D eigenvalue weighted by molar-refractivity contribution is 0.233. The highest BCUT2D eigenvalue weighted by Gasteiger charge is 2.17. The summed E-state index contributed by atoms with van der Waals surface area (Å²) in [6.07, 6.45) is 3.12. The summed E-state index contributed by atoms with van der Waals surface area (Å²) in [4.78, 5) is 13.7. The van der Waals surface area contributed by atoms with E-state index in [4.69, 9.17) is 4.42 Å². The van der Waals surface area contributed by atoms with Crippen LogP contribution in [-0.4, -0.2) is 41.2 Å². The zero-order valence-corrected chi connectivity index (χ0v) is 11.5.